The first-order valence-electron chi connectivity index (χ1n) is 7.70. The number of para-hydroxylation sites is 1. The van der Waals surface area contributed by atoms with Crippen LogP contribution in [0.2, 0.25) is 0 Å². The molecule has 1 aromatic carbocycles. The molecule has 2 heterocycles. The van der Waals surface area contributed by atoms with Gasteiger partial charge in [0.25, 0.3) is 0 Å². The smallest absolute Gasteiger partial charge is 0.226 e. The lowest BCUT2D eigenvalue weighted by atomic mass is 9.87. The summed E-state index contributed by atoms with van der Waals surface area (Å²) >= 11 is 0. The average Bonchev–Trinajstić information content (AvgIpc) is 3.00. The van der Waals surface area contributed by atoms with E-state index in [0.717, 1.165) is 24.4 Å². The van der Waals surface area contributed by atoms with E-state index in [1.807, 2.05) is 37.4 Å². The summed E-state index contributed by atoms with van der Waals surface area (Å²) in [7, 11) is 1.85. The summed E-state index contributed by atoms with van der Waals surface area (Å²) in [6, 6.07) is 11.9. The molecule has 1 aliphatic carbocycles. The van der Waals surface area contributed by atoms with Gasteiger partial charge < -0.3 is 14.1 Å². The molecule has 1 saturated carbocycles. The maximum absolute atomic E-state index is 12.8. The number of nitrogens with zero attached hydrogens (tertiary/aromatic N) is 1. The molecule has 0 radical (unpaired) electrons. The Morgan fingerprint density at radius 3 is 3.00 bits per heavy atom. The fourth-order valence-corrected chi connectivity index (χ4v) is 3.66. The Bertz CT molecular complexity index is 694. The van der Waals surface area contributed by atoms with Crippen LogP contribution in [0.4, 0.5) is 0 Å². The van der Waals surface area contributed by atoms with Crippen LogP contribution in [0.25, 0.3) is 0 Å². The maximum Gasteiger partial charge on any atom is 0.226 e. The largest absolute Gasteiger partial charge is 0.493 e. The number of amides is 1. The number of rotatable bonds is 3. The van der Waals surface area contributed by atoms with Gasteiger partial charge in [0.15, 0.2) is 0 Å². The number of hydrogen-bond donors (Lipinski definition) is 0. The summed E-state index contributed by atoms with van der Waals surface area (Å²) in [6.45, 7) is 1.22. The molecular weight excluding hydrogens is 278 g/mol. The van der Waals surface area contributed by atoms with Gasteiger partial charge in [0, 0.05) is 23.9 Å². The predicted molar refractivity (Wildman–Crippen MR) is 81.5 cm³/mol. The van der Waals surface area contributed by atoms with E-state index in [0.29, 0.717) is 13.2 Å². The van der Waals surface area contributed by atoms with E-state index in [2.05, 4.69) is 6.07 Å². The number of furan rings is 1. The maximum atomic E-state index is 12.8. The molecule has 4 heteroatoms. The van der Waals surface area contributed by atoms with Crippen molar-refractivity contribution in [2.24, 2.45) is 5.92 Å². The third-order valence-corrected chi connectivity index (χ3v) is 4.95. The van der Waals surface area contributed by atoms with E-state index in [1.165, 1.54) is 5.56 Å². The molecule has 2 atom stereocenters. The fourth-order valence-electron chi connectivity index (χ4n) is 3.66. The first-order chi connectivity index (χ1) is 10.7. The predicted octanol–water partition coefficient (Wildman–Crippen LogP) is 2.98. The lowest BCUT2D eigenvalue weighted by molar-refractivity contribution is -0.132. The van der Waals surface area contributed by atoms with Gasteiger partial charge in [-0.3, -0.25) is 4.79 Å². The minimum Gasteiger partial charge on any atom is -0.493 e. The molecule has 114 valence electrons. The van der Waals surface area contributed by atoms with Gasteiger partial charge in [-0.05, 0) is 31.0 Å². The molecule has 22 heavy (non-hydrogen) atoms. The SMILES string of the molecule is CN(Cc1ccco1)C(=O)[C@@H]1C[C@]12CCOc1ccccc12. The zero-order valence-electron chi connectivity index (χ0n) is 12.6. The van der Waals surface area contributed by atoms with Crippen LogP contribution in [0.1, 0.15) is 24.2 Å². The molecule has 1 amide bonds. The van der Waals surface area contributed by atoms with Crippen molar-refractivity contribution >= 4 is 5.91 Å². The van der Waals surface area contributed by atoms with Crippen molar-refractivity contribution in [1.82, 2.24) is 4.90 Å². The molecule has 2 aromatic rings. The second-order valence-electron chi connectivity index (χ2n) is 6.28. The Morgan fingerprint density at radius 2 is 2.18 bits per heavy atom. The van der Waals surface area contributed by atoms with Gasteiger partial charge in [0.2, 0.25) is 5.91 Å². The summed E-state index contributed by atoms with van der Waals surface area (Å²) in [5.74, 6) is 2.03. The van der Waals surface area contributed by atoms with Crippen LogP contribution < -0.4 is 4.74 Å². The topological polar surface area (TPSA) is 42.7 Å². The Labute approximate surface area is 129 Å². The minimum atomic E-state index is -0.0106. The lowest BCUT2D eigenvalue weighted by Gasteiger charge is -2.27. The number of carbonyl (C=O) groups is 1. The molecular formula is C18H19NO3. The normalized spacial score (nSPS) is 25.4. The Balaban J connectivity index is 1.53. The quantitative estimate of drug-likeness (QED) is 0.874. The van der Waals surface area contributed by atoms with Gasteiger partial charge >= 0.3 is 0 Å². The average molecular weight is 297 g/mol. The molecule has 4 rings (SSSR count). The van der Waals surface area contributed by atoms with Crippen LogP contribution in [-0.2, 0) is 16.8 Å². The first-order valence-corrected chi connectivity index (χ1v) is 7.70. The number of benzene rings is 1. The number of carbonyl (C=O) groups excluding carboxylic acids is 1. The van der Waals surface area contributed by atoms with E-state index < -0.39 is 0 Å². The monoisotopic (exact) mass is 297 g/mol. The van der Waals surface area contributed by atoms with Gasteiger partial charge in [-0.1, -0.05) is 18.2 Å². The van der Waals surface area contributed by atoms with Crippen molar-refractivity contribution in [3.63, 3.8) is 0 Å². The van der Waals surface area contributed by atoms with E-state index in [9.17, 15) is 4.79 Å². The molecule has 2 aliphatic rings. The number of hydrogen-bond acceptors (Lipinski definition) is 3. The molecule has 1 aliphatic heterocycles. The van der Waals surface area contributed by atoms with Gasteiger partial charge in [-0.2, -0.15) is 0 Å². The molecule has 1 aromatic heterocycles. The van der Waals surface area contributed by atoms with Gasteiger partial charge in [0.05, 0.1) is 19.4 Å². The fraction of sp³-hybridized carbons (Fsp3) is 0.389. The van der Waals surface area contributed by atoms with Crippen LogP contribution >= 0.6 is 0 Å². The number of fused-ring (bicyclic) bond motifs is 2. The highest BCUT2D eigenvalue weighted by Gasteiger charge is 2.61. The second-order valence-corrected chi connectivity index (χ2v) is 6.28. The van der Waals surface area contributed by atoms with Crippen molar-refractivity contribution in [2.75, 3.05) is 13.7 Å². The zero-order valence-corrected chi connectivity index (χ0v) is 12.6. The van der Waals surface area contributed by atoms with Crippen LogP contribution in [0, 0.1) is 5.92 Å². The summed E-state index contributed by atoms with van der Waals surface area (Å²) in [5.41, 5.74) is 1.19. The lowest BCUT2D eigenvalue weighted by Crippen LogP contribution is -2.32. The molecule has 1 fully saturated rings. The standard InChI is InChI=1S/C18H19NO3/c1-19(12-13-5-4-9-21-13)17(20)15-11-18(15)8-10-22-16-7-3-2-6-14(16)18/h2-7,9,15H,8,10-12H2,1H3/t15-,18-/m0/s1. The highest BCUT2D eigenvalue weighted by Crippen LogP contribution is 2.61. The zero-order chi connectivity index (χ0) is 15.2. The van der Waals surface area contributed by atoms with Crippen LogP contribution in [-0.4, -0.2) is 24.5 Å². The second kappa shape index (κ2) is 4.90. The Morgan fingerprint density at radius 1 is 1.32 bits per heavy atom. The van der Waals surface area contributed by atoms with E-state index >= 15 is 0 Å². The Kier molecular flexibility index (Phi) is 2.99. The molecule has 0 bridgehead atoms. The summed E-state index contributed by atoms with van der Waals surface area (Å²) in [4.78, 5) is 14.5. The van der Waals surface area contributed by atoms with E-state index in [1.54, 1.807) is 11.2 Å². The molecule has 0 unspecified atom stereocenters. The summed E-state index contributed by atoms with van der Waals surface area (Å²) in [5, 5.41) is 0. The first kappa shape index (κ1) is 13.4. The van der Waals surface area contributed by atoms with Crippen molar-refractivity contribution in [3.8, 4) is 5.75 Å². The molecule has 1 spiro atoms. The van der Waals surface area contributed by atoms with E-state index in [-0.39, 0.29) is 17.2 Å². The minimum absolute atomic E-state index is 0.0106. The molecule has 0 N–H and O–H groups in total. The summed E-state index contributed by atoms with van der Waals surface area (Å²) < 4.78 is 11.1. The van der Waals surface area contributed by atoms with Crippen LogP contribution in [0.15, 0.2) is 47.1 Å². The highest BCUT2D eigenvalue weighted by atomic mass is 16.5. The number of ether oxygens (including phenoxy) is 1. The van der Waals surface area contributed by atoms with Crippen LogP contribution in [0.5, 0.6) is 5.75 Å². The highest BCUT2D eigenvalue weighted by molar-refractivity contribution is 5.84. The molecule has 0 saturated heterocycles. The molecule has 4 nitrogen and oxygen atoms in total. The van der Waals surface area contributed by atoms with Gasteiger partial charge in [-0.15, -0.1) is 0 Å². The summed E-state index contributed by atoms with van der Waals surface area (Å²) in [6.07, 6.45) is 3.49. The van der Waals surface area contributed by atoms with Gasteiger partial charge in [-0.25, -0.2) is 0 Å². The Hall–Kier alpha value is -2.23. The van der Waals surface area contributed by atoms with Crippen molar-refractivity contribution in [1.29, 1.82) is 0 Å². The third-order valence-electron chi connectivity index (χ3n) is 4.95. The van der Waals surface area contributed by atoms with Crippen LogP contribution in [0.3, 0.4) is 0 Å². The van der Waals surface area contributed by atoms with E-state index in [4.69, 9.17) is 9.15 Å². The third kappa shape index (κ3) is 2.02. The van der Waals surface area contributed by atoms with Crippen molar-refractivity contribution in [2.45, 2.75) is 24.8 Å². The van der Waals surface area contributed by atoms with Crippen molar-refractivity contribution < 1.29 is 13.9 Å². The van der Waals surface area contributed by atoms with Gasteiger partial charge in [0.1, 0.15) is 11.5 Å². The van der Waals surface area contributed by atoms with Crippen molar-refractivity contribution in [3.05, 3.63) is 54.0 Å².